The van der Waals surface area contributed by atoms with Crippen LogP contribution in [0.4, 0.5) is 0 Å². The molecule has 17 heavy (non-hydrogen) atoms. The molecular weight excluding hydrogens is 212 g/mol. The van der Waals surface area contributed by atoms with Gasteiger partial charge in [-0.15, -0.1) is 0 Å². The van der Waals surface area contributed by atoms with Crippen molar-refractivity contribution in [2.75, 3.05) is 32.8 Å². The van der Waals surface area contributed by atoms with Gasteiger partial charge in [0.2, 0.25) is 0 Å². The summed E-state index contributed by atoms with van der Waals surface area (Å²) in [6, 6.07) is 0. The molecular formula is C14H30N2O. The van der Waals surface area contributed by atoms with Crippen LogP contribution in [0.5, 0.6) is 0 Å². The molecule has 0 amide bonds. The SMILES string of the molecule is CCCNC(CC)(CO)CCCN1CCCC1. The van der Waals surface area contributed by atoms with Gasteiger partial charge in [0.25, 0.3) is 0 Å². The van der Waals surface area contributed by atoms with Gasteiger partial charge in [-0.2, -0.15) is 0 Å². The van der Waals surface area contributed by atoms with Gasteiger partial charge in [0, 0.05) is 5.54 Å². The number of hydrogen-bond donors (Lipinski definition) is 2. The van der Waals surface area contributed by atoms with E-state index in [2.05, 4.69) is 24.1 Å². The van der Waals surface area contributed by atoms with E-state index >= 15 is 0 Å². The molecule has 1 heterocycles. The van der Waals surface area contributed by atoms with Crippen LogP contribution in [0.1, 0.15) is 52.4 Å². The molecule has 102 valence electrons. The van der Waals surface area contributed by atoms with Crippen molar-refractivity contribution >= 4 is 0 Å². The predicted octanol–water partition coefficient (Wildman–Crippen LogP) is 2.00. The summed E-state index contributed by atoms with van der Waals surface area (Å²) >= 11 is 0. The molecule has 1 atom stereocenters. The fourth-order valence-electron chi connectivity index (χ4n) is 2.67. The Bertz CT molecular complexity index is 187. The highest BCUT2D eigenvalue weighted by molar-refractivity contribution is 4.86. The maximum absolute atomic E-state index is 9.62. The average molecular weight is 242 g/mol. The Morgan fingerprint density at radius 2 is 1.94 bits per heavy atom. The minimum absolute atomic E-state index is 0.0320. The lowest BCUT2D eigenvalue weighted by Crippen LogP contribution is -2.48. The largest absolute Gasteiger partial charge is 0.394 e. The molecule has 1 unspecified atom stereocenters. The van der Waals surface area contributed by atoms with Crippen LogP contribution >= 0.6 is 0 Å². The Morgan fingerprint density at radius 1 is 1.24 bits per heavy atom. The van der Waals surface area contributed by atoms with Crippen LogP contribution in [0.25, 0.3) is 0 Å². The second-order valence-corrected chi connectivity index (χ2v) is 5.37. The molecule has 3 nitrogen and oxygen atoms in total. The lowest BCUT2D eigenvalue weighted by molar-refractivity contribution is 0.140. The molecule has 1 aliphatic rings. The van der Waals surface area contributed by atoms with Gasteiger partial charge in [-0.25, -0.2) is 0 Å². The van der Waals surface area contributed by atoms with E-state index in [0.717, 1.165) is 25.8 Å². The molecule has 2 N–H and O–H groups in total. The molecule has 1 aliphatic heterocycles. The second-order valence-electron chi connectivity index (χ2n) is 5.37. The maximum Gasteiger partial charge on any atom is 0.0613 e. The number of rotatable bonds is 9. The third-order valence-electron chi connectivity index (χ3n) is 4.06. The van der Waals surface area contributed by atoms with Crippen molar-refractivity contribution in [2.24, 2.45) is 0 Å². The molecule has 0 spiro atoms. The van der Waals surface area contributed by atoms with Crippen LogP contribution in [0, 0.1) is 0 Å². The molecule has 1 fully saturated rings. The minimum atomic E-state index is -0.0320. The van der Waals surface area contributed by atoms with Gasteiger partial charge in [0.15, 0.2) is 0 Å². The number of aliphatic hydroxyl groups excluding tert-OH is 1. The molecule has 0 aromatic carbocycles. The summed E-state index contributed by atoms with van der Waals surface area (Å²) in [7, 11) is 0. The zero-order chi connectivity index (χ0) is 12.6. The molecule has 0 aliphatic carbocycles. The van der Waals surface area contributed by atoms with Crippen molar-refractivity contribution in [3.8, 4) is 0 Å². The summed E-state index contributed by atoms with van der Waals surface area (Å²) in [4.78, 5) is 2.55. The molecule has 3 heteroatoms. The fourth-order valence-corrected chi connectivity index (χ4v) is 2.67. The first-order valence-corrected chi connectivity index (χ1v) is 7.34. The van der Waals surface area contributed by atoms with E-state index in [4.69, 9.17) is 0 Å². The number of likely N-dealkylation sites (tertiary alicyclic amines) is 1. The summed E-state index contributed by atoms with van der Waals surface area (Å²) in [5.41, 5.74) is -0.0320. The van der Waals surface area contributed by atoms with Gasteiger partial charge in [-0.05, 0) is 64.7 Å². The summed E-state index contributed by atoms with van der Waals surface area (Å²) in [5.74, 6) is 0. The average Bonchev–Trinajstić information content (AvgIpc) is 2.87. The smallest absolute Gasteiger partial charge is 0.0613 e. The first-order chi connectivity index (χ1) is 8.26. The van der Waals surface area contributed by atoms with E-state index < -0.39 is 0 Å². The Morgan fingerprint density at radius 3 is 2.47 bits per heavy atom. The first-order valence-electron chi connectivity index (χ1n) is 7.34. The van der Waals surface area contributed by atoms with Crippen LogP contribution in [-0.4, -0.2) is 48.3 Å². The summed E-state index contributed by atoms with van der Waals surface area (Å²) in [6.07, 6.45) is 7.18. The zero-order valence-electron chi connectivity index (χ0n) is 11.7. The maximum atomic E-state index is 9.62. The molecule has 0 radical (unpaired) electrons. The first kappa shape index (κ1) is 14.9. The van der Waals surface area contributed by atoms with Gasteiger partial charge >= 0.3 is 0 Å². The quantitative estimate of drug-likeness (QED) is 0.649. The number of nitrogens with one attached hydrogen (secondary N) is 1. The second kappa shape index (κ2) is 8.06. The highest BCUT2D eigenvalue weighted by Gasteiger charge is 2.26. The lowest BCUT2D eigenvalue weighted by atomic mass is 9.91. The van der Waals surface area contributed by atoms with Crippen molar-refractivity contribution in [3.63, 3.8) is 0 Å². The molecule has 1 saturated heterocycles. The molecule has 0 aromatic heterocycles. The number of hydrogen-bond acceptors (Lipinski definition) is 3. The normalized spacial score (nSPS) is 20.6. The lowest BCUT2D eigenvalue weighted by Gasteiger charge is -2.33. The highest BCUT2D eigenvalue weighted by Crippen LogP contribution is 2.18. The third kappa shape index (κ3) is 4.94. The monoisotopic (exact) mass is 242 g/mol. The molecule has 0 saturated carbocycles. The number of aliphatic hydroxyl groups is 1. The van der Waals surface area contributed by atoms with E-state index in [1.165, 1.54) is 38.9 Å². The van der Waals surface area contributed by atoms with E-state index in [-0.39, 0.29) is 12.1 Å². The van der Waals surface area contributed by atoms with Crippen LogP contribution in [0.3, 0.4) is 0 Å². The van der Waals surface area contributed by atoms with E-state index in [1.54, 1.807) is 0 Å². The Balaban J connectivity index is 2.26. The van der Waals surface area contributed by atoms with Crippen LogP contribution in [0.15, 0.2) is 0 Å². The van der Waals surface area contributed by atoms with Gasteiger partial charge in [-0.3, -0.25) is 0 Å². The zero-order valence-corrected chi connectivity index (χ0v) is 11.7. The standard InChI is InChI=1S/C14H30N2O/c1-3-9-15-14(4-2,13-17)8-7-12-16-10-5-6-11-16/h15,17H,3-13H2,1-2H3. The van der Waals surface area contributed by atoms with Gasteiger partial charge in [0.05, 0.1) is 6.61 Å². The summed E-state index contributed by atoms with van der Waals surface area (Å²) in [5, 5.41) is 13.2. The Labute approximate surface area is 107 Å². The highest BCUT2D eigenvalue weighted by atomic mass is 16.3. The van der Waals surface area contributed by atoms with Crippen LogP contribution in [-0.2, 0) is 0 Å². The van der Waals surface area contributed by atoms with Crippen molar-refractivity contribution in [2.45, 2.75) is 57.9 Å². The van der Waals surface area contributed by atoms with Crippen LogP contribution < -0.4 is 5.32 Å². The molecule has 1 rings (SSSR count). The predicted molar refractivity (Wildman–Crippen MR) is 73.3 cm³/mol. The number of nitrogens with zero attached hydrogens (tertiary/aromatic N) is 1. The van der Waals surface area contributed by atoms with Gasteiger partial charge in [0.1, 0.15) is 0 Å². The van der Waals surface area contributed by atoms with Crippen molar-refractivity contribution in [1.29, 1.82) is 0 Å². The molecule has 0 aromatic rings. The summed E-state index contributed by atoms with van der Waals surface area (Å²) in [6.45, 7) is 9.39. The third-order valence-corrected chi connectivity index (χ3v) is 4.06. The van der Waals surface area contributed by atoms with E-state index in [1.807, 2.05) is 0 Å². The minimum Gasteiger partial charge on any atom is -0.394 e. The van der Waals surface area contributed by atoms with Crippen molar-refractivity contribution in [1.82, 2.24) is 10.2 Å². The topological polar surface area (TPSA) is 35.5 Å². The Kier molecular flexibility index (Phi) is 7.09. The van der Waals surface area contributed by atoms with Crippen molar-refractivity contribution < 1.29 is 5.11 Å². The van der Waals surface area contributed by atoms with Crippen molar-refractivity contribution in [3.05, 3.63) is 0 Å². The van der Waals surface area contributed by atoms with E-state index in [0.29, 0.717) is 0 Å². The van der Waals surface area contributed by atoms with Gasteiger partial charge < -0.3 is 15.3 Å². The van der Waals surface area contributed by atoms with Crippen LogP contribution in [0.2, 0.25) is 0 Å². The van der Waals surface area contributed by atoms with E-state index in [9.17, 15) is 5.11 Å². The fraction of sp³-hybridized carbons (Fsp3) is 1.00. The van der Waals surface area contributed by atoms with Gasteiger partial charge in [-0.1, -0.05) is 13.8 Å². The summed E-state index contributed by atoms with van der Waals surface area (Å²) < 4.78 is 0. The molecule has 0 bridgehead atoms. The Hall–Kier alpha value is -0.120.